The number of rotatable bonds is 2. The van der Waals surface area contributed by atoms with Crippen LogP contribution in [-0.4, -0.2) is 12.5 Å². The maximum atomic E-state index is 6.14. The predicted molar refractivity (Wildman–Crippen MR) is 96.9 cm³/mol. The van der Waals surface area contributed by atoms with Gasteiger partial charge in [-0.15, -0.1) is 0 Å². The first kappa shape index (κ1) is 14.7. The molecule has 0 bridgehead atoms. The molecule has 0 radical (unpaired) electrons. The summed E-state index contributed by atoms with van der Waals surface area (Å²) in [6.07, 6.45) is 0. The minimum atomic E-state index is -0.293. The third kappa shape index (κ3) is 2.62. The second-order valence-electron chi connectivity index (χ2n) is 5.27. The van der Waals surface area contributed by atoms with Crippen molar-refractivity contribution in [3.05, 3.63) is 62.7 Å². The molecule has 0 aromatic heterocycles. The van der Waals surface area contributed by atoms with Crippen LogP contribution in [0.1, 0.15) is 12.5 Å². The van der Waals surface area contributed by atoms with Gasteiger partial charge in [-0.3, -0.25) is 4.99 Å². The van der Waals surface area contributed by atoms with Gasteiger partial charge >= 0.3 is 0 Å². The number of halogens is 2. The zero-order valence-electron chi connectivity index (χ0n) is 11.6. The summed E-state index contributed by atoms with van der Waals surface area (Å²) in [5.74, 6) is 0.526. The van der Waals surface area contributed by atoms with Crippen LogP contribution in [0.3, 0.4) is 0 Å². The molecule has 5 heteroatoms. The molecule has 1 aliphatic heterocycles. The molecule has 2 N–H and O–H groups in total. The van der Waals surface area contributed by atoms with E-state index in [1.807, 2.05) is 24.3 Å². The molecule has 0 saturated carbocycles. The Balaban J connectivity index is 2.07. The smallest absolute Gasteiger partial charge is 0.196 e. The Kier molecular flexibility index (Phi) is 3.84. The molecule has 0 spiro atoms. The Labute approximate surface area is 143 Å². The highest BCUT2D eigenvalue weighted by Crippen LogP contribution is 2.37. The molecule has 1 heterocycles. The van der Waals surface area contributed by atoms with Gasteiger partial charge in [-0.2, -0.15) is 0 Å². The van der Waals surface area contributed by atoms with Gasteiger partial charge in [-0.1, -0.05) is 29.8 Å². The van der Waals surface area contributed by atoms with E-state index in [2.05, 4.69) is 63.7 Å². The molecule has 1 atom stereocenters. The van der Waals surface area contributed by atoms with Crippen LogP contribution in [0.25, 0.3) is 0 Å². The lowest BCUT2D eigenvalue weighted by molar-refractivity contribution is 0.533. The SMILES string of the molecule is CC1(c2ccc(I)cc2)CN=C(N)N1c1cccc(Cl)c1. The van der Waals surface area contributed by atoms with Gasteiger partial charge in [0.15, 0.2) is 5.96 Å². The second kappa shape index (κ2) is 5.50. The van der Waals surface area contributed by atoms with E-state index in [0.29, 0.717) is 17.5 Å². The van der Waals surface area contributed by atoms with E-state index in [1.165, 1.54) is 9.13 Å². The van der Waals surface area contributed by atoms with Gasteiger partial charge in [0, 0.05) is 14.3 Å². The summed E-state index contributed by atoms with van der Waals surface area (Å²) in [4.78, 5) is 6.51. The molecule has 21 heavy (non-hydrogen) atoms. The third-order valence-electron chi connectivity index (χ3n) is 3.80. The van der Waals surface area contributed by atoms with Crippen LogP contribution < -0.4 is 10.6 Å². The highest BCUT2D eigenvalue weighted by atomic mass is 127. The van der Waals surface area contributed by atoms with E-state index in [0.717, 1.165) is 5.69 Å². The van der Waals surface area contributed by atoms with Crippen molar-refractivity contribution in [3.63, 3.8) is 0 Å². The summed E-state index contributed by atoms with van der Waals surface area (Å²) in [7, 11) is 0. The van der Waals surface area contributed by atoms with Gasteiger partial charge in [0.1, 0.15) is 0 Å². The van der Waals surface area contributed by atoms with Crippen molar-refractivity contribution in [1.29, 1.82) is 0 Å². The molecule has 0 fully saturated rings. The molecule has 1 aliphatic rings. The van der Waals surface area contributed by atoms with Crippen molar-refractivity contribution in [1.82, 2.24) is 0 Å². The summed E-state index contributed by atoms with van der Waals surface area (Å²) in [5.41, 5.74) is 7.99. The standard InChI is InChI=1S/C16H15ClIN3/c1-16(11-5-7-13(18)8-6-11)10-20-15(19)21(16)14-4-2-3-12(17)9-14/h2-9H,10H2,1H3,(H2,19,20). The van der Waals surface area contributed by atoms with Crippen molar-refractivity contribution < 1.29 is 0 Å². The minimum absolute atomic E-state index is 0.293. The Bertz CT molecular complexity index is 699. The topological polar surface area (TPSA) is 41.6 Å². The average molecular weight is 412 g/mol. The molecule has 2 aromatic carbocycles. The number of nitrogens with two attached hydrogens (primary N) is 1. The summed E-state index contributed by atoms with van der Waals surface area (Å²) < 4.78 is 1.21. The van der Waals surface area contributed by atoms with E-state index >= 15 is 0 Å². The normalized spacial score (nSPS) is 21.5. The number of nitrogens with zero attached hydrogens (tertiary/aromatic N) is 2. The van der Waals surface area contributed by atoms with Gasteiger partial charge in [-0.25, -0.2) is 0 Å². The zero-order chi connectivity index (χ0) is 15.0. The van der Waals surface area contributed by atoms with Crippen molar-refractivity contribution in [3.8, 4) is 0 Å². The monoisotopic (exact) mass is 411 g/mol. The summed E-state index contributed by atoms with van der Waals surface area (Å²) in [6.45, 7) is 2.78. The Morgan fingerprint density at radius 1 is 1.24 bits per heavy atom. The maximum Gasteiger partial charge on any atom is 0.196 e. The van der Waals surface area contributed by atoms with E-state index < -0.39 is 0 Å². The highest BCUT2D eigenvalue weighted by molar-refractivity contribution is 14.1. The van der Waals surface area contributed by atoms with Crippen molar-refractivity contribution in [2.45, 2.75) is 12.5 Å². The van der Waals surface area contributed by atoms with Crippen LogP contribution in [0, 0.1) is 3.57 Å². The molecule has 108 valence electrons. The van der Waals surface area contributed by atoms with Crippen LogP contribution in [0.4, 0.5) is 5.69 Å². The van der Waals surface area contributed by atoms with Crippen LogP contribution in [0.15, 0.2) is 53.5 Å². The van der Waals surface area contributed by atoms with Crippen LogP contribution in [0.2, 0.25) is 5.02 Å². The molecule has 2 aromatic rings. The lowest BCUT2D eigenvalue weighted by Gasteiger charge is -2.36. The van der Waals surface area contributed by atoms with Crippen LogP contribution in [0.5, 0.6) is 0 Å². The fraction of sp³-hybridized carbons (Fsp3) is 0.188. The number of hydrogen-bond donors (Lipinski definition) is 1. The molecule has 0 saturated heterocycles. The number of hydrogen-bond acceptors (Lipinski definition) is 3. The fourth-order valence-electron chi connectivity index (χ4n) is 2.69. The predicted octanol–water partition coefficient (Wildman–Crippen LogP) is 3.99. The number of guanidine groups is 1. The molecule has 0 aliphatic carbocycles. The Morgan fingerprint density at radius 3 is 2.62 bits per heavy atom. The first-order valence-corrected chi connectivity index (χ1v) is 8.08. The first-order valence-electron chi connectivity index (χ1n) is 6.62. The highest BCUT2D eigenvalue weighted by Gasteiger charge is 2.40. The van der Waals surface area contributed by atoms with Gasteiger partial charge in [0.05, 0.1) is 12.1 Å². The number of anilines is 1. The molecule has 3 nitrogen and oxygen atoms in total. The van der Waals surface area contributed by atoms with Gasteiger partial charge < -0.3 is 10.6 Å². The van der Waals surface area contributed by atoms with Crippen molar-refractivity contribution in [2.75, 3.05) is 11.4 Å². The van der Waals surface area contributed by atoms with Gasteiger partial charge in [0.25, 0.3) is 0 Å². The van der Waals surface area contributed by atoms with E-state index in [-0.39, 0.29) is 5.54 Å². The fourth-order valence-corrected chi connectivity index (χ4v) is 3.24. The Hall–Kier alpha value is -1.27. The molecular weight excluding hydrogens is 397 g/mol. The van der Waals surface area contributed by atoms with E-state index in [1.54, 1.807) is 0 Å². The lowest BCUT2D eigenvalue weighted by atomic mass is 9.90. The summed E-state index contributed by atoms with van der Waals surface area (Å²) >= 11 is 8.43. The van der Waals surface area contributed by atoms with Crippen molar-refractivity contribution >= 4 is 45.8 Å². The molecule has 3 rings (SSSR count). The molecule has 0 amide bonds. The first-order chi connectivity index (χ1) is 10.0. The number of benzene rings is 2. The average Bonchev–Trinajstić information content (AvgIpc) is 2.76. The zero-order valence-corrected chi connectivity index (χ0v) is 14.5. The lowest BCUT2D eigenvalue weighted by Crippen LogP contribution is -2.47. The van der Waals surface area contributed by atoms with E-state index in [9.17, 15) is 0 Å². The Morgan fingerprint density at radius 2 is 1.95 bits per heavy atom. The minimum Gasteiger partial charge on any atom is -0.369 e. The molecule has 1 unspecified atom stereocenters. The quantitative estimate of drug-likeness (QED) is 0.759. The summed E-state index contributed by atoms with van der Waals surface area (Å²) in [6, 6.07) is 16.2. The van der Waals surface area contributed by atoms with E-state index in [4.69, 9.17) is 17.3 Å². The second-order valence-corrected chi connectivity index (χ2v) is 6.95. The number of aliphatic imine (C=N–C) groups is 1. The van der Waals surface area contributed by atoms with Gasteiger partial charge in [0.2, 0.25) is 0 Å². The van der Waals surface area contributed by atoms with Gasteiger partial charge in [-0.05, 0) is 65.4 Å². The van der Waals surface area contributed by atoms with Crippen LogP contribution >= 0.6 is 34.2 Å². The maximum absolute atomic E-state index is 6.14. The van der Waals surface area contributed by atoms with Crippen LogP contribution in [-0.2, 0) is 5.54 Å². The molecular formula is C16H15ClIN3. The largest absolute Gasteiger partial charge is 0.369 e. The third-order valence-corrected chi connectivity index (χ3v) is 4.76. The summed E-state index contributed by atoms with van der Waals surface area (Å²) in [5, 5.41) is 0.692. The van der Waals surface area contributed by atoms with Crippen molar-refractivity contribution in [2.24, 2.45) is 10.7 Å².